The second-order valence-electron chi connectivity index (χ2n) is 4.87. The van der Waals surface area contributed by atoms with Crippen LogP contribution < -0.4 is 5.73 Å². The van der Waals surface area contributed by atoms with Crippen molar-refractivity contribution in [3.05, 3.63) is 35.4 Å². The molecule has 2 unspecified atom stereocenters. The topological polar surface area (TPSA) is 70.1 Å². The number of carbonyl (C=O) groups excluding carboxylic acids is 1. The van der Waals surface area contributed by atoms with Crippen LogP contribution in [0.25, 0.3) is 0 Å². The van der Waals surface area contributed by atoms with Gasteiger partial charge in [-0.15, -0.1) is 0 Å². The minimum atomic E-state index is -0.0329. The normalized spacial score (nSPS) is 23.5. The van der Waals surface area contributed by atoms with Crippen molar-refractivity contribution >= 4 is 5.91 Å². The van der Waals surface area contributed by atoms with Crippen LogP contribution in [0.1, 0.15) is 29.3 Å². The zero-order valence-corrected chi connectivity index (χ0v) is 10.5. The number of nitrogens with two attached hydrogens (primary N) is 1. The fourth-order valence-electron chi connectivity index (χ4n) is 2.19. The molecule has 0 aliphatic carbocycles. The van der Waals surface area contributed by atoms with E-state index >= 15 is 0 Å². The third-order valence-electron chi connectivity index (χ3n) is 3.54. The molecule has 1 aromatic rings. The molecule has 4 heteroatoms. The summed E-state index contributed by atoms with van der Waals surface area (Å²) < 4.78 is 0. The van der Waals surface area contributed by atoms with E-state index in [1.165, 1.54) is 0 Å². The lowest BCUT2D eigenvalue weighted by atomic mass is 9.94. The van der Waals surface area contributed by atoms with Crippen molar-refractivity contribution in [2.45, 2.75) is 19.4 Å². The predicted molar refractivity (Wildman–Crippen MR) is 68.8 cm³/mol. The Hall–Kier alpha value is -1.86. The van der Waals surface area contributed by atoms with E-state index in [-0.39, 0.29) is 11.9 Å². The van der Waals surface area contributed by atoms with Crippen molar-refractivity contribution in [1.82, 2.24) is 4.90 Å². The Morgan fingerprint density at radius 2 is 2.33 bits per heavy atom. The van der Waals surface area contributed by atoms with Crippen molar-refractivity contribution in [2.24, 2.45) is 11.7 Å². The van der Waals surface area contributed by atoms with E-state index < -0.39 is 0 Å². The first-order valence-corrected chi connectivity index (χ1v) is 6.17. The van der Waals surface area contributed by atoms with Crippen LogP contribution in [0.4, 0.5) is 0 Å². The average molecular weight is 243 g/mol. The predicted octanol–water partition coefficient (Wildman–Crippen LogP) is 1.37. The fourth-order valence-corrected chi connectivity index (χ4v) is 2.19. The molecule has 1 aromatic carbocycles. The van der Waals surface area contributed by atoms with Crippen LogP contribution in [0.5, 0.6) is 0 Å². The second kappa shape index (κ2) is 5.19. The third kappa shape index (κ3) is 2.52. The molecular weight excluding hydrogens is 226 g/mol. The van der Waals surface area contributed by atoms with Gasteiger partial charge in [0.25, 0.3) is 5.91 Å². The molecule has 1 aliphatic heterocycles. The van der Waals surface area contributed by atoms with Crippen LogP contribution >= 0.6 is 0 Å². The van der Waals surface area contributed by atoms with E-state index in [4.69, 9.17) is 11.0 Å². The van der Waals surface area contributed by atoms with Crippen molar-refractivity contribution in [3.63, 3.8) is 0 Å². The largest absolute Gasteiger partial charge is 0.337 e. The molecule has 2 atom stereocenters. The van der Waals surface area contributed by atoms with Gasteiger partial charge in [0, 0.05) is 24.7 Å². The summed E-state index contributed by atoms with van der Waals surface area (Å²) in [5.41, 5.74) is 7.07. The van der Waals surface area contributed by atoms with Crippen LogP contribution in [-0.2, 0) is 0 Å². The van der Waals surface area contributed by atoms with Gasteiger partial charge in [-0.2, -0.15) is 5.26 Å². The highest BCUT2D eigenvalue weighted by Crippen LogP contribution is 2.18. The summed E-state index contributed by atoms with van der Waals surface area (Å²) in [6.45, 7) is 3.45. The zero-order chi connectivity index (χ0) is 13.1. The quantitative estimate of drug-likeness (QED) is 0.809. The number of carbonyl (C=O) groups is 1. The first kappa shape index (κ1) is 12.6. The molecule has 0 saturated carbocycles. The number of amides is 1. The van der Waals surface area contributed by atoms with Gasteiger partial charge in [0.2, 0.25) is 0 Å². The lowest BCUT2D eigenvalue weighted by molar-refractivity contribution is 0.0672. The number of hydrogen-bond donors (Lipinski definition) is 1. The van der Waals surface area contributed by atoms with Gasteiger partial charge in [0.1, 0.15) is 0 Å². The molecule has 1 aliphatic rings. The lowest BCUT2D eigenvalue weighted by Gasteiger charge is -2.35. The molecule has 2 rings (SSSR count). The Balaban J connectivity index is 2.14. The average Bonchev–Trinajstić information content (AvgIpc) is 2.41. The molecule has 4 nitrogen and oxygen atoms in total. The number of likely N-dealkylation sites (tertiary alicyclic amines) is 1. The summed E-state index contributed by atoms with van der Waals surface area (Å²) in [5.74, 6) is 0.425. The van der Waals surface area contributed by atoms with E-state index in [0.29, 0.717) is 23.6 Å². The number of rotatable bonds is 1. The van der Waals surface area contributed by atoms with Gasteiger partial charge in [0.05, 0.1) is 11.6 Å². The van der Waals surface area contributed by atoms with Gasteiger partial charge in [-0.25, -0.2) is 0 Å². The van der Waals surface area contributed by atoms with Crippen LogP contribution in [0.15, 0.2) is 24.3 Å². The molecule has 1 fully saturated rings. The molecule has 0 radical (unpaired) electrons. The molecule has 1 amide bonds. The Labute approximate surface area is 107 Å². The molecule has 1 heterocycles. The third-order valence-corrected chi connectivity index (χ3v) is 3.54. The summed E-state index contributed by atoms with van der Waals surface area (Å²) in [6.07, 6.45) is 0.935. The standard InChI is InChI=1S/C14H17N3O/c1-10-5-6-17(9-13(10)16)14(18)12-4-2-3-11(7-12)8-15/h2-4,7,10,13H,5-6,9,16H2,1H3. The van der Waals surface area contributed by atoms with Gasteiger partial charge in [0.15, 0.2) is 0 Å². The highest BCUT2D eigenvalue weighted by molar-refractivity contribution is 5.94. The van der Waals surface area contributed by atoms with Crippen molar-refractivity contribution < 1.29 is 4.79 Å². The Kier molecular flexibility index (Phi) is 3.63. The summed E-state index contributed by atoms with van der Waals surface area (Å²) in [7, 11) is 0. The van der Waals surface area contributed by atoms with Gasteiger partial charge in [-0.1, -0.05) is 13.0 Å². The monoisotopic (exact) mass is 243 g/mol. The van der Waals surface area contributed by atoms with Crippen LogP contribution in [-0.4, -0.2) is 29.9 Å². The second-order valence-corrected chi connectivity index (χ2v) is 4.87. The van der Waals surface area contributed by atoms with Crippen molar-refractivity contribution in [2.75, 3.05) is 13.1 Å². The fraction of sp³-hybridized carbons (Fsp3) is 0.429. The Morgan fingerprint density at radius 3 is 3.00 bits per heavy atom. The maximum absolute atomic E-state index is 12.3. The Morgan fingerprint density at radius 1 is 1.56 bits per heavy atom. The van der Waals surface area contributed by atoms with E-state index in [1.54, 1.807) is 29.2 Å². The number of nitriles is 1. The summed E-state index contributed by atoms with van der Waals surface area (Å²) >= 11 is 0. The molecule has 0 bridgehead atoms. The molecule has 1 saturated heterocycles. The molecule has 0 aromatic heterocycles. The minimum Gasteiger partial charge on any atom is -0.337 e. The number of hydrogen-bond acceptors (Lipinski definition) is 3. The highest BCUT2D eigenvalue weighted by Gasteiger charge is 2.26. The van der Waals surface area contributed by atoms with E-state index in [9.17, 15) is 4.79 Å². The summed E-state index contributed by atoms with van der Waals surface area (Å²) in [6, 6.07) is 8.89. The maximum atomic E-state index is 12.3. The number of nitrogens with zero attached hydrogens (tertiary/aromatic N) is 2. The van der Waals surface area contributed by atoms with E-state index in [1.807, 2.05) is 6.07 Å². The molecular formula is C14H17N3O. The first-order chi connectivity index (χ1) is 8.61. The van der Waals surface area contributed by atoms with E-state index in [0.717, 1.165) is 13.0 Å². The number of benzene rings is 1. The molecule has 18 heavy (non-hydrogen) atoms. The van der Waals surface area contributed by atoms with Crippen molar-refractivity contribution in [3.8, 4) is 6.07 Å². The SMILES string of the molecule is CC1CCN(C(=O)c2cccc(C#N)c2)CC1N. The smallest absolute Gasteiger partial charge is 0.253 e. The lowest BCUT2D eigenvalue weighted by Crippen LogP contribution is -2.49. The van der Waals surface area contributed by atoms with Gasteiger partial charge < -0.3 is 10.6 Å². The zero-order valence-electron chi connectivity index (χ0n) is 10.5. The minimum absolute atomic E-state index is 0.0329. The van der Waals surface area contributed by atoms with Gasteiger partial charge >= 0.3 is 0 Å². The maximum Gasteiger partial charge on any atom is 0.253 e. The van der Waals surface area contributed by atoms with E-state index in [2.05, 4.69) is 6.92 Å². The van der Waals surface area contributed by atoms with Gasteiger partial charge in [-0.3, -0.25) is 4.79 Å². The van der Waals surface area contributed by atoms with Gasteiger partial charge in [-0.05, 0) is 30.5 Å². The number of piperidine rings is 1. The summed E-state index contributed by atoms with van der Waals surface area (Å²) in [4.78, 5) is 14.1. The summed E-state index contributed by atoms with van der Waals surface area (Å²) in [5, 5.41) is 8.84. The molecule has 94 valence electrons. The molecule has 2 N–H and O–H groups in total. The Bertz CT molecular complexity index is 492. The van der Waals surface area contributed by atoms with Crippen LogP contribution in [0, 0.1) is 17.2 Å². The van der Waals surface area contributed by atoms with Crippen LogP contribution in [0.2, 0.25) is 0 Å². The van der Waals surface area contributed by atoms with Crippen LogP contribution in [0.3, 0.4) is 0 Å². The molecule has 0 spiro atoms. The van der Waals surface area contributed by atoms with Crippen molar-refractivity contribution in [1.29, 1.82) is 5.26 Å². The first-order valence-electron chi connectivity index (χ1n) is 6.17. The highest BCUT2D eigenvalue weighted by atomic mass is 16.2.